The highest BCUT2D eigenvalue weighted by Gasteiger charge is 2.19. The van der Waals surface area contributed by atoms with Gasteiger partial charge in [0, 0.05) is 18.2 Å². The standard InChI is InChI=1S/C13H16N2O2/c1-9(2)17-13(16)12-5-3-4-11(15-12)10-6-7-14-8-10/h3-5,10,14H,1,6-8H2,2H3. The third kappa shape index (κ3) is 2.91. The summed E-state index contributed by atoms with van der Waals surface area (Å²) in [7, 11) is 0. The third-order valence-electron chi connectivity index (χ3n) is 2.73. The second kappa shape index (κ2) is 5.10. The van der Waals surface area contributed by atoms with Crippen molar-refractivity contribution < 1.29 is 9.53 Å². The van der Waals surface area contributed by atoms with Crippen LogP contribution in [0.4, 0.5) is 0 Å². The first-order valence-electron chi connectivity index (χ1n) is 5.72. The van der Waals surface area contributed by atoms with Crippen LogP contribution >= 0.6 is 0 Å². The van der Waals surface area contributed by atoms with Crippen LogP contribution in [0.1, 0.15) is 35.4 Å². The minimum atomic E-state index is -0.440. The number of esters is 1. The number of carbonyl (C=O) groups excluding carboxylic acids is 1. The summed E-state index contributed by atoms with van der Waals surface area (Å²) >= 11 is 0. The Morgan fingerprint density at radius 1 is 1.59 bits per heavy atom. The van der Waals surface area contributed by atoms with E-state index >= 15 is 0 Å². The van der Waals surface area contributed by atoms with Crippen LogP contribution in [-0.4, -0.2) is 24.0 Å². The molecule has 4 nitrogen and oxygen atoms in total. The van der Waals surface area contributed by atoms with Crippen LogP contribution in [0, 0.1) is 0 Å². The molecule has 0 saturated carbocycles. The molecule has 2 heterocycles. The van der Waals surface area contributed by atoms with Crippen molar-refractivity contribution in [1.29, 1.82) is 0 Å². The second-order valence-corrected chi connectivity index (χ2v) is 4.23. The van der Waals surface area contributed by atoms with Crippen molar-refractivity contribution in [3.63, 3.8) is 0 Å². The molecular weight excluding hydrogens is 216 g/mol. The predicted octanol–water partition coefficient (Wildman–Crippen LogP) is 1.85. The van der Waals surface area contributed by atoms with Crippen LogP contribution in [0.2, 0.25) is 0 Å². The van der Waals surface area contributed by atoms with Crippen molar-refractivity contribution in [1.82, 2.24) is 10.3 Å². The fraction of sp³-hybridized carbons (Fsp3) is 0.385. The van der Waals surface area contributed by atoms with Crippen molar-refractivity contribution in [3.8, 4) is 0 Å². The number of hydrogen-bond acceptors (Lipinski definition) is 4. The van der Waals surface area contributed by atoms with Gasteiger partial charge in [-0.05, 0) is 32.0 Å². The molecule has 1 aromatic rings. The van der Waals surface area contributed by atoms with Crippen LogP contribution in [0.5, 0.6) is 0 Å². The Balaban J connectivity index is 2.15. The van der Waals surface area contributed by atoms with E-state index in [1.807, 2.05) is 12.1 Å². The molecule has 90 valence electrons. The zero-order valence-electron chi connectivity index (χ0n) is 9.90. The Morgan fingerprint density at radius 2 is 2.41 bits per heavy atom. The first-order valence-corrected chi connectivity index (χ1v) is 5.72. The summed E-state index contributed by atoms with van der Waals surface area (Å²) in [5, 5.41) is 3.28. The summed E-state index contributed by atoms with van der Waals surface area (Å²) in [5.41, 5.74) is 1.29. The van der Waals surface area contributed by atoms with Gasteiger partial charge in [0.1, 0.15) is 5.69 Å². The largest absolute Gasteiger partial charge is 0.427 e. The molecule has 1 saturated heterocycles. The molecule has 2 rings (SSSR count). The Kier molecular flexibility index (Phi) is 3.54. The fourth-order valence-electron chi connectivity index (χ4n) is 1.91. The number of aromatic nitrogens is 1. The summed E-state index contributed by atoms with van der Waals surface area (Å²) in [4.78, 5) is 16.0. The molecule has 1 aromatic heterocycles. The lowest BCUT2D eigenvalue weighted by molar-refractivity contribution is 0.0621. The summed E-state index contributed by atoms with van der Waals surface area (Å²) < 4.78 is 4.94. The van der Waals surface area contributed by atoms with Gasteiger partial charge in [0.2, 0.25) is 0 Å². The van der Waals surface area contributed by atoms with Gasteiger partial charge in [-0.1, -0.05) is 12.6 Å². The molecule has 1 N–H and O–H groups in total. The van der Waals surface area contributed by atoms with Gasteiger partial charge >= 0.3 is 5.97 Å². The van der Waals surface area contributed by atoms with Gasteiger partial charge in [0.05, 0.1) is 5.76 Å². The van der Waals surface area contributed by atoms with Crippen molar-refractivity contribution in [3.05, 3.63) is 41.9 Å². The molecule has 17 heavy (non-hydrogen) atoms. The number of hydrogen-bond donors (Lipinski definition) is 1. The first-order chi connectivity index (χ1) is 8.16. The van der Waals surface area contributed by atoms with E-state index in [2.05, 4.69) is 16.9 Å². The molecule has 1 aliphatic rings. The monoisotopic (exact) mass is 232 g/mol. The number of rotatable bonds is 3. The Labute approximate surface area is 101 Å². The Hall–Kier alpha value is -1.68. The van der Waals surface area contributed by atoms with E-state index in [-0.39, 0.29) is 0 Å². The smallest absolute Gasteiger partial charge is 0.361 e. The lowest BCUT2D eigenvalue weighted by atomic mass is 10.0. The van der Waals surface area contributed by atoms with Gasteiger partial charge in [-0.15, -0.1) is 0 Å². The number of ether oxygens (including phenoxy) is 1. The van der Waals surface area contributed by atoms with Crippen molar-refractivity contribution in [2.45, 2.75) is 19.3 Å². The maximum absolute atomic E-state index is 11.7. The lowest BCUT2D eigenvalue weighted by Crippen LogP contribution is -2.11. The third-order valence-corrected chi connectivity index (χ3v) is 2.73. The van der Waals surface area contributed by atoms with Crippen LogP contribution in [-0.2, 0) is 4.74 Å². The zero-order chi connectivity index (χ0) is 12.3. The van der Waals surface area contributed by atoms with E-state index < -0.39 is 5.97 Å². The molecule has 1 unspecified atom stereocenters. The minimum Gasteiger partial charge on any atom is -0.427 e. The van der Waals surface area contributed by atoms with Crippen LogP contribution in [0.25, 0.3) is 0 Å². The predicted molar refractivity (Wildman–Crippen MR) is 64.7 cm³/mol. The molecule has 1 fully saturated rings. The van der Waals surface area contributed by atoms with Gasteiger partial charge < -0.3 is 10.1 Å². The second-order valence-electron chi connectivity index (χ2n) is 4.23. The van der Waals surface area contributed by atoms with Gasteiger partial charge in [-0.3, -0.25) is 0 Å². The molecule has 0 aromatic carbocycles. The summed E-state index contributed by atoms with van der Waals surface area (Å²) in [6.07, 6.45) is 1.06. The molecule has 0 radical (unpaired) electrons. The quantitative estimate of drug-likeness (QED) is 0.638. The summed E-state index contributed by atoms with van der Waals surface area (Å²) in [5.74, 6) is 0.336. The van der Waals surface area contributed by atoms with Crippen LogP contribution in [0.3, 0.4) is 0 Å². The van der Waals surface area contributed by atoms with E-state index in [1.54, 1.807) is 13.0 Å². The molecule has 0 aliphatic carbocycles. The van der Waals surface area contributed by atoms with Gasteiger partial charge in [-0.2, -0.15) is 0 Å². The molecule has 4 heteroatoms. The van der Waals surface area contributed by atoms with Gasteiger partial charge in [-0.25, -0.2) is 9.78 Å². The molecule has 1 aliphatic heterocycles. The maximum atomic E-state index is 11.7. The molecule has 0 bridgehead atoms. The molecular formula is C13H16N2O2. The number of carbonyl (C=O) groups is 1. The van der Waals surface area contributed by atoms with Crippen LogP contribution in [0.15, 0.2) is 30.5 Å². The number of nitrogens with one attached hydrogen (secondary N) is 1. The molecule has 1 atom stereocenters. The van der Waals surface area contributed by atoms with Gasteiger partial charge in [0.15, 0.2) is 0 Å². The van der Waals surface area contributed by atoms with Gasteiger partial charge in [0.25, 0.3) is 0 Å². The normalized spacial score (nSPS) is 19.0. The van der Waals surface area contributed by atoms with E-state index in [0.717, 1.165) is 25.2 Å². The Bertz CT molecular complexity index is 437. The number of nitrogens with zero attached hydrogens (tertiary/aromatic N) is 1. The maximum Gasteiger partial charge on any atom is 0.361 e. The van der Waals surface area contributed by atoms with Crippen molar-refractivity contribution in [2.24, 2.45) is 0 Å². The highest BCUT2D eigenvalue weighted by molar-refractivity contribution is 5.87. The average Bonchev–Trinajstić information content (AvgIpc) is 2.82. The van der Waals surface area contributed by atoms with E-state index in [9.17, 15) is 4.79 Å². The topological polar surface area (TPSA) is 51.2 Å². The lowest BCUT2D eigenvalue weighted by Gasteiger charge is -2.09. The molecule has 0 amide bonds. The average molecular weight is 232 g/mol. The van der Waals surface area contributed by atoms with Crippen molar-refractivity contribution in [2.75, 3.05) is 13.1 Å². The highest BCUT2D eigenvalue weighted by Crippen LogP contribution is 2.20. The highest BCUT2D eigenvalue weighted by atomic mass is 16.5. The number of allylic oxidation sites excluding steroid dienone is 1. The number of pyridine rings is 1. The van der Waals surface area contributed by atoms with E-state index in [0.29, 0.717) is 17.4 Å². The first kappa shape index (κ1) is 11.8. The fourth-order valence-corrected chi connectivity index (χ4v) is 1.91. The summed E-state index contributed by atoms with van der Waals surface area (Å²) in [6.45, 7) is 7.11. The van der Waals surface area contributed by atoms with Crippen LogP contribution < -0.4 is 5.32 Å². The Morgan fingerprint density at radius 3 is 3.06 bits per heavy atom. The summed E-state index contributed by atoms with van der Waals surface area (Å²) in [6, 6.07) is 5.46. The van der Waals surface area contributed by atoms with E-state index in [1.165, 1.54) is 0 Å². The van der Waals surface area contributed by atoms with Crippen molar-refractivity contribution >= 4 is 5.97 Å². The minimum absolute atomic E-state index is 0.345. The molecule has 0 spiro atoms. The van der Waals surface area contributed by atoms with E-state index in [4.69, 9.17) is 4.74 Å². The SMILES string of the molecule is C=C(C)OC(=O)c1cccc(C2CCNC2)n1. The zero-order valence-corrected chi connectivity index (χ0v) is 9.90.